The molecule has 0 heteroatoms. The van der Waals surface area contributed by atoms with Gasteiger partial charge in [-0.25, -0.2) is 0 Å². The summed E-state index contributed by atoms with van der Waals surface area (Å²) in [5.74, 6) is 2.60. The summed E-state index contributed by atoms with van der Waals surface area (Å²) in [4.78, 5) is 0. The highest BCUT2D eigenvalue weighted by atomic mass is 13.9. The molecule has 2 aromatic carbocycles. The van der Waals surface area contributed by atoms with Crippen LogP contribution in [0.25, 0.3) is 0 Å². The van der Waals surface area contributed by atoms with E-state index in [0.717, 1.165) is 18.4 Å². The zero-order valence-corrected chi connectivity index (χ0v) is 11.9. The van der Waals surface area contributed by atoms with E-state index in [0.29, 0.717) is 0 Å². The molecule has 0 atom stereocenters. The molecule has 0 spiro atoms. The third kappa shape index (κ3) is 5.93. The molecule has 0 N–H and O–H groups in total. The van der Waals surface area contributed by atoms with Crippen LogP contribution in [0.1, 0.15) is 37.0 Å². The summed E-state index contributed by atoms with van der Waals surface area (Å²) in [5.41, 5.74) is 3.74. The highest BCUT2D eigenvalue weighted by molar-refractivity contribution is 5.34. The van der Waals surface area contributed by atoms with Crippen molar-refractivity contribution >= 4 is 0 Å². The predicted molar refractivity (Wildman–Crippen MR) is 84.2 cm³/mol. The van der Waals surface area contributed by atoms with Crippen molar-refractivity contribution in [3.05, 3.63) is 71.3 Å². The fraction of sp³-hybridized carbons (Fsp3) is 0.263. The normalized spacial score (nSPS) is 9.11. The monoisotopic (exact) mass is 250 g/mol. The lowest BCUT2D eigenvalue weighted by Gasteiger charge is -1.96. The second-order valence-electron chi connectivity index (χ2n) is 4.43. The fourth-order valence-electron chi connectivity index (χ4n) is 1.77. The summed E-state index contributed by atoms with van der Waals surface area (Å²) < 4.78 is 0. The van der Waals surface area contributed by atoms with Crippen LogP contribution in [-0.2, 0) is 12.8 Å². The molecule has 0 aliphatic carbocycles. The van der Waals surface area contributed by atoms with Gasteiger partial charge < -0.3 is 0 Å². The van der Waals surface area contributed by atoms with Gasteiger partial charge in [-0.05, 0) is 36.1 Å². The number of hydrogen-bond donors (Lipinski definition) is 0. The van der Waals surface area contributed by atoms with Gasteiger partial charge in [-0.2, -0.15) is 0 Å². The summed E-state index contributed by atoms with van der Waals surface area (Å²) in [6, 6.07) is 18.6. The zero-order valence-electron chi connectivity index (χ0n) is 11.9. The van der Waals surface area contributed by atoms with Gasteiger partial charge >= 0.3 is 0 Å². The molecule has 0 saturated carbocycles. The van der Waals surface area contributed by atoms with Crippen LogP contribution < -0.4 is 0 Å². The molecule has 0 bridgehead atoms. The van der Waals surface area contributed by atoms with Gasteiger partial charge in [-0.1, -0.05) is 68.7 Å². The van der Waals surface area contributed by atoms with E-state index >= 15 is 0 Å². The van der Waals surface area contributed by atoms with Gasteiger partial charge in [0.2, 0.25) is 0 Å². The van der Waals surface area contributed by atoms with E-state index in [-0.39, 0.29) is 0 Å². The molecule has 0 amide bonds. The van der Waals surface area contributed by atoms with Gasteiger partial charge in [0.15, 0.2) is 0 Å². The molecule has 0 aliphatic rings. The fourth-order valence-corrected chi connectivity index (χ4v) is 1.77. The van der Waals surface area contributed by atoms with Crippen LogP contribution in [0.3, 0.4) is 0 Å². The van der Waals surface area contributed by atoms with Crippen LogP contribution in [0.15, 0.2) is 54.6 Å². The molecule has 98 valence electrons. The van der Waals surface area contributed by atoms with E-state index in [2.05, 4.69) is 56.2 Å². The molecule has 0 nitrogen and oxygen atoms in total. The van der Waals surface area contributed by atoms with Crippen molar-refractivity contribution < 1.29 is 0 Å². The Morgan fingerprint density at radius 3 is 1.89 bits per heavy atom. The van der Waals surface area contributed by atoms with Crippen molar-refractivity contribution in [3.63, 3.8) is 0 Å². The van der Waals surface area contributed by atoms with E-state index in [9.17, 15) is 0 Å². The van der Waals surface area contributed by atoms with Gasteiger partial charge in [0.05, 0.1) is 0 Å². The molecule has 0 heterocycles. The molecular weight excluding hydrogens is 228 g/mol. The molecule has 0 unspecified atom stereocenters. The second-order valence-corrected chi connectivity index (χ2v) is 4.43. The molecule has 19 heavy (non-hydrogen) atoms. The lowest BCUT2D eigenvalue weighted by molar-refractivity contribution is 0.922. The van der Waals surface area contributed by atoms with Crippen molar-refractivity contribution in [3.8, 4) is 12.3 Å². The highest BCUT2D eigenvalue weighted by Crippen LogP contribution is 2.05. The van der Waals surface area contributed by atoms with Crippen LogP contribution in [0.4, 0.5) is 0 Å². The van der Waals surface area contributed by atoms with Crippen molar-refractivity contribution in [2.24, 2.45) is 0 Å². The Kier molecular flexibility index (Phi) is 7.13. The van der Waals surface area contributed by atoms with E-state index in [1.54, 1.807) is 0 Å². The second kappa shape index (κ2) is 9.00. The molecule has 0 aromatic heterocycles. The van der Waals surface area contributed by atoms with Crippen LogP contribution in [0, 0.1) is 12.3 Å². The Hall–Kier alpha value is -2.00. The van der Waals surface area contributed by atoms with Crippen LogP contribution in [0.5, 0.6) is 0 Å². The van der Waals surface area contributed by atoms with Crippen molar-refractivity contribution in [1.82, 2.24) is 0 Å². The van der Waals surface area contributed by atoms with Gasteiger partial charge in [0.25, 0.3) is 0 Å². The number of terminal acetylenes is 1. The van der Waals surface area contributed by atoms with Crippen molar-refractivity contribution in [2.75, 3.05) is 0 Å². The number of hydrogen-bond acceptors (Lipinski definition) is 0. The predicted octanol–water partition coefficient (Wildman–Crippen LogP) is 4.87. The standard InChI is InChI=1S/C11H12.C8H10/c1-3-5-11-8-6-10(4-2)7-9-11;1-2-8-6-4-3-5-7-8/h2,6-9H,3,5H2,1H3;3-7H,2H2,1H3. The average Bonchev–Trinajstić information content (AvgIpc) is 2.50. The van der Waals surface area contributed by atoms with E-state index < -0.39 is 0 Å². The summed E-state index contributed by atoms with van der Waals surface area (Å²) in [6.07, 6.45) is 8.70. The summed E-state index contributed by atoms with van der Waals surface area (Å²) in [6.45, 7) is 4.34. The minimum absolute atomic E-state index is 0.963. The summed E-state index contributed by atoms with van der Waals surface area (Å²) in [7, 11) is 0. The third-order valence-electron chi connectivity index (χ3n) is 2.91. The van der Waals surface area contributed by atoms with Gasteiger partial charge in [0, 0.05) is 5.56 Å². The first-order valence-corrected chi connectivity index (χ1v) is 6.89. The first kappa shape index (κ1) is 15.1. The van der Waals surface area contributed by atoms with E-state index in [1.807, 2.05) is 18.2 Å². The third-order valence-corrected chi connectivity index (χ3v) is 2.91. The summed E-state index contributed by atoms with van der Waals surface area (Å²) >= 11 is 0. The molecule has 0 fully saturated rings. The smallest absolute Gasteiger partial charge is 0.0242 e. The largest absolute Gasteiger partial charge is 0.115 e. The Morgan fingerprint density at radius 2 is 1.47 bits per heavy atom. The lowest BCUT2D eigenvalue weighted by Crippen LogP contribution is -1.82. The topological polar surface area (TPSA) is 0 Å². The van der Waals surface area contributed by atoms with Crippen LogP contribution in [0.2, 0.25) is 0 Å². The van der Waals surface area contributed by atoms with E-state index in [1.165, 1.54) is 17.5 Å². The maximum atomic E-state index is 5.22. The van der Waals surface area contributed by atoms with Crippen molar-refractivity contribution in [2.45, 2.75) is 33.1 Å². The molecule has 0 radical (unpaired) electrons. The minimum atomic E-state index is 0.963. The molecule has 0 saturated heterocycles. The Labute approximate surface area is 117 Å². The summed E-state index contributed by atoms with van der Waals surface area (Å²) in [5, 5.41) is 0. The SMILES string of the molecule is C#Cc1ccc(CCC)cc1.CCc1ccccc1. The maximum absolute atomic E-state index is 5.22. The Morgan fingerprint density at radius 1 is 0.842 bits per heavy atom. The minimum Gasteiger partial charge on any atom is -0.115 e. The molecule has 2 rings (SSSR count). The lowest BCUT2D eigenvalue weighted by atomic mass is 10.1. The first-order chi connectivity index (χ1) is 9.30. The Bertz CT molecular complexity index is 486. The molecule has 2 aromatic rings. The number of benzene rings is 2. The Balaban J connectivity index is 0.000000200. The van der Waals surface area contributed by atoms with Crippen LogP contribution in [-0.4, -0.2) is 0 Å². The maximum Gasteiger partial charge on any atom is 0.0242 e. The van der Waals surface area contributed by atoms with E-state index in [4.69, 9.17) is 6.42 Å². The van der Waals surface area contributed by atoms with Crippen LogP contribution >= 0.6 is 0 Å². The van der Waals surface area contributed by atoms with Crippen molar-refractivity contribution in [1.29, 1.82) is 0 Å². The average molecular weight is 250 g/mol. The van der Waals surface area contributed by atoms with Gasteiger partial charge in [-0.15, -0.1) is 6.42 Å². The van der Waals surface area contributed by atoms with Gasteiger partial charge in [-0.3, -0.25) is 0 Å². The first-order valence-electron chi connectivity index (χ1n) is 6.89. The molecule has 0 aliphatic heterocycles. The zero-order chi connectivity index (χ0) is 13.9. The highest BCUT2D eigenvalue weighted by Gasteiger charge is 1.89. The molecular formula is C19H22. The quantitative estimate of drug-likeness (QED) is 0.682. The number of rotatable bonds is 3. The number of aryl methyl sites for hydroxylation is 2. The van der Waals surface area contributed by atoms with Gasteiger partial charge in [0.1, 0.15) is 0 Å².